The van der Waals surface area contributed by atoms with E-state index in [0.29, 0.717) is 5.11 Å². The van der Waals surface area contributed by atoms with Gasteiger partial charge in [0.05, 0.1) is 0 Å². The molecule has 0 bridgehead atoms. The molecule has 0 saturated heterocycles. The molecule has 0 aliphatic heterocycles. The van der Waals surface area contributed by atoms with Gasteiger partial charge in [-0.15, -0.1) is 0 Å². The second kappa shape index (κ2) is 6.44. The van der Waals surface area contributed by atoms with E-state index >= 15 is 0 Å². The van der Waals surface area contributed by atoms with Gasteiger partial charge >= 0.3 is 6.18 Å². The maximum absolute atomic E-state index is 11.9. The molecule has 0 aromatic heterocycles. The third-order valence-electron chi connectivity index (χ3n) is 1.95. The van der Waals surface area contributed by atoms with Gasteiger partial charge in [0, 0.05) is 18.7 Å². The molecule has 0 spiro atoms. The molecule has 6 heteroatoms. The van der Waals surface area contributed by atoms with Crippen LogP contribution in [-0.2, 0) is 0 Å². The first-order chi connectivity index (χ1) is 7.97. The minimum Gasteiger partial charge on any atom is -0.362 e. The van der Waals surface area contributed by atoms with Crippen molar-refractivity contribution in [2.75, 3.05) is 11.9 Å². The minimum atomic E-state index is -4.10. The van der Waals surface area contributed by atoms with Crippen molar-refractivity contribution in [2.24, 2.45) is 0 Å². The van der Waals surface area contributed by atoms with E-state index in [1.165, 1.54) is 0 Å². The fraction of sp³-hybridized carbons (Fsp3) is 0.364. The highest BCUT2D eigenvalue weighted by atomic mass is 32.1. The molecule has 1 rings (SSSR count). The van der Waals surface area contributed by atoms with Crippen molar-refractivity contribution in [3.8, 4) is 0 Å². The summed E-state index contributed by atoms with van der Waals surface area (Å²) in [5.41, 5.74) is 0.806. The summed E-state index contributed by atoms with van der Waals surface area (Å²) >= 11 is 4.94. The molecule has 0 heterocycles. The average molecular weight is 262 g/mol. The molecule has 1 aromatic rings. The van der Waals surface area contributed by atoms with Gasteiger partial charge in [0.25, 0.3) is 0 Å². The second-order valence-electron chi connectivity index (χ2n) is 3.47. The zero-order chi connectivity index (χ0) is 12.7. The lowest BCUT2D eigenvalue weighted by Crippen LogP contribution is -2.29. The Hall–Kier alpha value is -1.30. The van der Waals surface area contributed by atoms with E-state index in [1.54, 1.807) is 0 Å². The average Bonchev–Trinajstić information content (AvgIpc) is 2.25. The van der Waals surface area contributed by atoms with Gasteiger partial charge in [0.15, 0.2) is 5.11 Å². The third kappa shape index (κ3) is 6.78. The molecular formula is C11H13F3N2S. The van der Waals surface area contributed by atoms with E-state index in [1.807, 2.05) is 30.3 Å². The normalized spacial score (nSPS) is 11.0. The Morgan fingerprint density at radius 1 is 1.18 bits per heavy atom. The van der Waals surface area contributed by atoms with Gasteiger partial charge in [-0.05, 0) is 30.8 Å². The lowest BCUT2D eigenvalue weighted by Gasteiger charge is -2.11. The van der Waals surface area contributed by atoms with E-state index in [0.717, 1.165) is 5.69 Å². The molecule has 0 unspecified atom stereocenters. The number of para-hydroxylation sites is 1. The van der Waals surface area contributed by atoms with E-state index < -0.39 is 12.6 Å². The maximum Gasteiger partial charge on any atom is 0.389 e. The van der Waals surface area contributed by atoms with Gasteiger partial charge in [-0.3, -0.25) is 0 Å². The molecule has 94 valence electrons. The van der Waals surface area contributed by atoms with Gasteiger partial charge in [0.2, 0.25) is 0 Å². The van der Waals surface area contributed by atoms with Gasteiger partial charge in [-0.25, -0.2) is 0 Å². The summed E-state index contributed by atoms with van der Waals surface area (Å²) in [6.07, 6.45) is -4.88. The molecule has 0 fully saturated rings. The van der Waals surface area contributed by atoms with Crippen LogP contribution in [0.25, 0.3) is 0 Å². The van der Waals surface area contributed by atoms with Crippen molar-refractivity contribution in [1.29, 1.82) is 0 Å². The summed E-state index contributed by atoms with van der Waals surface area (Å²) in [6.45, 7) is 0.207. The fourth-order valence-corrected chi connectivity index (χ4v) is 1.41. The highest BCUT2D eigenvalue weighted by Gasteiger charge is 2.25. The van der Waals surface area contributed by atoms with Crippen molar-refractivity contribution in [3.05, 3.63) is 30.3 Å². The highest BCUT2D eigenvalue weighted by molar-refractivity contribution is 7.80. The van der Waals surface area contributed by atoms with Gasteiger partial charge in [-0.1, -0.05) is 18.2 Å². The molecule has 2 nitrogen and oxygen atoms in total. The number of halogens is 3. The minimum absolute atomic E-state index is 0.0140. The second-order valence-corrected chi connectivity index (χ2v) is 3.87. The Bertz CT molecular complexity index is 351. The van der Waals surface area contributed by atoms with Crippen LogP contribution in [0.4, 0.5) is 18.9 Å². The van der Waals surface area contributed by atoms with Crippen LogP contribution in [0.3, 0.4) is 0 Å². The molecule has 0 aliphatic rings. The summed E-state index contributed by atoms with van der Waals surface area (Å²) in [6, 6.07) is 9.20. The standard InChI is InChI=1S/C11H13F3N2S/c12-11(13,14)7-4-8-15-10(17)16-9-5-2-1-3-6-9/h1-3,5-6H,4,7-8H2,(H2,15,16,17). The first-order valence-electron chi connectivity index (χ1n) is 5.14. The van der Waals surface area contributed by atoms with Crippen LogP contribution in [0.5, 0.6) is 0 Å². The Morgan fingerprint density at radius 2 is 1.82 bits per heavy atom. The van der Waals surface area contributed by atoms with Gasteiger partial charge < -0.3 is 10.6 Å². The molecule has 17 heavy (non-hydrogen) atoms. The van der Waals surface area contributed by atoms with Crippen molar-refractivity contribution in [3.63, 3.8) is 0 Å². The largest absolute Gasteiger partial charge is 0.389 e. The Balaban J connectivity index is 2.18. The molecule has 0 radical (unpaired) electrons. The highest BCUT2D eigenvalue weighted by Crippen LogP contribution is 2.20. The molecule has 0 aliphatic carbocycles. The van der Waals surface area contributed by atoms with E-state index in [2.05, 4.69) is 10.6 Å². The first-order valence-corrected chi connectivity index (χ1v) is 5.55. The summed E-state index contributed by atoms with van der Waals surface area (Å²) in [7, 11) is 0. The maximum atomic E-state index is 11.9. The van der Waals surface area contributed by atoms with E-state index in [-0.39, 0.29) is 13.0 Å². The van der Waals surface area contributed by atoms with Crippen LogP contribution in [0.15, 0.2) is 30.3 Å². The molecule has 0 amide bonds. The van der Waals surface area contributed by atoms with Gasteiger partial charge in [0.1, 0.15) is 0 Å². The number of hydrogen-bond acceptors (Lipinski definition) is 1. The van der Waals surface area contributed by atoms with E-state index in [9.17, 15) is 13.2 Å². The van der Waals surface area contributed by atoms with Crippen LogP contribution in [0.2, 0.25) is 0 Å². The fourth-order valence-electron chi connectivity index (χ4n) is 1.19. The monoisotopic (exact) mass is 262 g/mol. The van der Waals surface area contributed by atoms with Crippen molar-refractivity contribution in [2.45, 2.75) is 19.0 Å². The number of alkyl halides is 3. The third-order valence-corrected chi connectivity index (χ3v) is 2.20. The quantitative estimate of drug-likeness (QED) is 0.643. The predicted octanol–water partition coefficient (Wildman–Crippen LogP) is 3.32. The Labute approximate surface area is 103 Å². The van der Waals surface area contributed by atoms with Crippen LogP contribution in [0.1, 0.15) is 12.8 Å². The lowest BCUT2D eigenvalue weighted by molar-refractivity contribution is -0.135. The lowest BCUT2D eigenvalue weighted by atomic mass is 10.3. The van der Waals surface area contributed by atoms with Crippen molar-refractivity contribution < 1.29 is 13.2 Å². The topological polar surface area (TPSA) is 24.1 Å². The Kier molecular flexibility index (Phi) is 5.21. The summed E-state index contributed by atoms with van der Waals surface area (Å²) < 4.78 is 35.6. The summed E-state index contributed by atoms with van der Waals surface area (Å²) in [4.78, 5) is 0. The van der Waals surface area contributed by atoms with Crippen LogP contribution in [-0.4, -0.2) is 17.8 Å². The molecular weight excluding hydrogens is 249 g/mol. The number of nitrogens with one attached hydrogen (secondary N) is 2. The number of rotatable bonds is 4. The summed E-state index contributed by atoms with van der Waals surface area (Å²) in [5.74, 6) is 0. The zero-order valence-corrected chi connectivity index (χ0v) is 9.87. The molecule has 2 N–H and O–H groups in total. The van der Waals surface area contributed by atoms with Crippen LogP contribution in [0, 0.1) is 0 Å². The predicted molar refractivity (Wildman–Crippen MR) is 66.0 cm³/mol. The number of hydrogen-bond donors (Lipinski definition) is 2. The number of thiocarbonyl (C=S) groups is 1. The summed E-state index contributed by atoms with van der Waals surface area (Å²) in [5, 5.41) is 5.93. The molecule has 1 aromatic carbocycles. The van der Waals surface area contributed by atoms with Crippen LogP contribution < -0.4 is 10.6 Å². The number of anilines is 1. The molecule has 0 saturated carbocycles. The van der Waals surface area contributed by atoms with Crippen LogP contribution >= 0.6 is 12.2 Å². The first kappa shape index (κ1) is 13.8. The Morgan fingerprint density at radius 3 is 2.41 bits per heavy atom. The zero-order valence-electron chi connectivity index (χ0n) is 9.05. The van der Waals surface area contributed by atoms with E-state index in [4.69, 9.17) is 12.2 Å². The SMILES string of the molecule is FC(F)(F)CCCNC(=S)Nc1ccccc1. The van der Waals surface area contributed by atoms with Crippen molar-refractivity contribution in [1.82, 2.24) is 5.32 Å². The van der Waals surface area contributed by atoms with Gasteiger partial charge in [-0.2, -0.15) is 13.2 Å². The smallest absolute Gasteiger partial charge is 0.362 e. The van der Waals surface area contributed by atoms with Crippen molar-refractivity contribution >= 4 is 23.0 Å². The number of benzene rings is 1. The molecule has 0 atom stereocenters.